The number of ether oxygens (including phenoxy) is 1. The maximum Gasteiger partial charge on any atom is 0.126 e. The zero-order valence-electron chi connectivity index (χ0n) is 10.0. The summed E-state index contributed by atoms with van der Waals surface area (Å²) in [7, 11) is 0. The van der Waals surface area contributed by atoms with Crippen molar-refractivity contribution in [3.05, 3.63) is 36.4 Å². The van der Waals surface area contributed by atoms with Crippen LogP contribution >= 0.6 is 0 Å². The van der Waals surface area contributed by atoms with Gasteiger partial charge in [-0.05, 0) is 31.4 Å². The molecule has 0 fully saturated rings. The molecule has 0 saturated heterocycles. The molecule has 3 nitrogen and oxygen atoms in total. The molecule has 0 aliphatic carbocycles. The minimum absolute atomic E-state index is 0.0417. The second-order valence-electron chi connectivity index (χ2n) is 3.91. The summed E-state index contributed by atoms with van der Waals surface area (Å²) < 4.78 is 5.72. The molecule has 3 heteroatoms. The topological polar surface area (TPSA) is 53.2 Å². The van der Waals surface area contributed by atoms with Crippen LogP contribution < -0.4 is 4.74 Å². The van der Waals surface area contributed by atoms with E-state index in [1.807, 2.05) is 13.0 Å². The normalized spacial score (nSPS) is 11.5. The third-order valence-corrected chi connectivity index (χ3v) is 2.41. The van der Waals surface area contributed by atoms with Crippen LogP contribution in [0.2, 0.25) is 0 Å². The highest BCUT2D eigenvalue weighted by molar-refractivity contribution is 5.41. The number of nitriles is 1. The van der Waals surface area contributed by atoms with E-state index in [9.17, 15) is 5.11 Å². The summed E-state index contributed by atoms with van der Waals surface area (Å²) in [6.07, 6.45) is 3.59. The fourth-order valence-electron chi connectivity index (χ4n) is 1.52. The van der Waals surface area contributed by atoms with E-state index in [-0.39, 0.29) is 11.9 Å². The van der Waals surface area contributed by atoms with E-state index in [0.29, 0.717) is 25.0 Å². The van der Waals surface area contributed by atoms with Crippen LogP contribution in [0.1, 0.15) is 25.3 Å². The molecule has 1 aromatic carbocycles. The molecule has 0 radical (unpaired) electrons. The first-order chi connectivity index (χ1) is 8.17. The van der Waals surface area contributed by atoms with Gasteiger partial charge in [0.05, 0.1) is 12.2 Å². The lowest BCUT2D eigenvalue weighted by atomic mass is 10.1. The van der Waals surface area contributed by atoms with E-state index < -0.39 is 0 Å². The van der Waals surface area contributed by atoms with Gasteiger partial charge in [0.15, 0.2) is 0 Å². The molecule has 1 unspecified atom stereocenters. The molecule has 1 rings (SSSR count). The summed E-state index contributed by atoms with van der Waals surface area (Å²) in [5, 5.41) is 17.9. The van der Waals surface area contributed by atoms with Gasteiger partial charge >= 0.3 is 0 Å². The summed E-state index contributed by atoms with van der Waals surface area (Å²) in [5.41, 5.74) is 0.988. The third kappa shape index (κ3) is 4.20. The largest absolute Gasteiger partial charge is 0.508 e. The van der Waals surface area contributed by atoms with Crippen LogP contribution in [0.25, 0.3) is 0 Å². The Morgan fingerprint density at radius 3 is 3.00 bits per heavy atom. The van der Waals surface area contributed by atoms with Crippen LogP contribution in [-0.2, 0) is 6.42 Å². The Morgan fingerprint density at radius 2 is 2.35 bits per heavy atom. The minimum atomic E-state index is -0.0417. The summed E-state index contributed by atoms with van der Waals surface area (Å²) in [4.78, 5) is 0. The quantitative estimate of drug-likeness (QED) is 0.765. The second kappa shape index (κ2) is 6.59. The number of hydrogen-bond acceptors (Lipinski definition) is 3. The van der Waals surface area contributed by atoms with Crippen molar-refractivity contribution in [3.63, 3.8) is 0 Å². The second-order valence-corrected chi connectivity index (χ2v) is 3.91. The fraction of sp³-hybridized carbons (Fsp3) is 0.357. The highest BCUT2D eigenvalue weighted by Gasteiger charge is 2.08. The Balaban J connectivity index is 2.77. The molecule has 0 amide bonds. The number of nitrogens with zero attached hydrogens (tertiary/aromatic N) is 1. The predicted octanol–water partition coefficient (Wildman–Crippen LogP) is 3.19. The summed E-state index contributed by atoms with van der Waals surface area (Å²) in [5.74, 6) is 0.843. The lowest BCUT2D eigenvalue weighted by Gasteiger charge is -2.16. The molecule has 0 saturated carbocycles. The van der Waals surface area contributed by atoms with Crippen LogP contribution in [0, 0.1) is 11.3 Å². The van der Waals surface area contributed by atoms with Gasteiger partial charge in [-0.2, -0.15) is 5.26 Å². The Kier molecular flexibility index (Phi) is 5.09. The number of allylic oxidation sites excluding steroid dienone is 1. The molecule has 17 heavy (non-hydrogen) atoms. The van der Waals surface area contributed by atoms with Crippen molar-refractivity contribution in [2.75, 3.05) is 0 Å². The number of rotatable bonds is 6. The Morgan fingerprint density at radius 1 is 1.59 bits per heavy atom. The molecule has 90 valence electrons. The van der Waals surface area contributed by atoms with Gasteiger partial charge in [-0.3, -0.25) is 0 Å². The van der Waals surface area contributed by atoms with Crippen LogP contribution in [0.4, 0.5) is 0 Å². The first kappa shape index (κ1) is 13.1. The Bertz CT molecular complexity index is 421. The van der Waals surface area contributed by atoms with E-state index in [4.69, 9.17) is 10.00 Å². The fourth-order valence-corrected chi connectivity index (χ4v) is 1.52. The smallest absolute Gasteiger partial charge is 0.126 e. The molecule has 1 aromatic rings. The van der Waals surface area contributed by atoms with E-state index >= 15 is 0 Å². The van der Waals surface area contributed by atoms with Gasteiger partial charge in [0, 0.05) is 12.5 Å². The number of phenols is 1. The highest BCUT2D eigenvalue weighted by atomic mass is 16.5. The van der Waals surface area contributed by atoms with Gasteiger partial charge in [-0.15, -0.1) is 6.58 Å². The van der Waals surface area contributed by atoms with Gasteiger partial charge in [-0.25, -0.2) is 0 Å². The standard InChI is InChI=1S/C14H17NO2/c1-3-5-12-7-8-13(16)10-14(12)17-11(2)6-4-9-15/h3,7-8,10-11,16H,1,4-6H2,2H3. The van der Waals surface area contributed by atoms with Crippen molar-refractivity contribution in [3.8, 4) is 17.6 Å². The van der Waals surface area contributed by atoms with E-state index in [1.54, 1.807) is 18.2 Å². The molecule has 0 heterocycles. The Labute approximate surface area is 102 Å². The number of aromatic hydroxyl groups is 1. The predicted molar refractivity (Wildman–Crippen MR) is 66.9 cm³/mol. The molecular weight excluding hydrogens is 214 g/mol. The zero-order chi connectivity index (χ0) is 12.7. The highest BCUT2D eigenvalue weighted by Crippen LogP contribution is 2.26. The van der Waals surface area contributed by atoms with E-state index in [1.165, 1.54) is 0 Å². The molecule has 1 atom stereocenters. The summed E-state index contributed by atoms with van der Waals surface area (Å²) in [6.45, 7) is 5.60. The van der Waals surface area contributed by atoms with Gasteiger partial charge < -0.3 is 9.84 Å². The Hall–Kier alpha value is -1.95. The average molecular weight is 231 g/mol. The molecule has 0 aliphatic heterocycles. The molecule has 0 bridgehead atoms. The van der Waals surface area contributed by atoms with Crippen LogP contribution in [-0.4, -0.2) is 11.2 Å². The van der Waals surface area contributed by atoms with Crippen molar-refractivity contribution in [2.45, 2.75) is 32.3 Å². The van der Waals surface area contributed by atoms with E-state index in [2.05, 4.69) is 12.6 Å². The van der Waals surface area contributed by atoms with E-state index in [0.717, 1.165) is 5.56 Å². The van der Waals surface area contributed by atoms with Crippen molar-refractivity contribution in [1.29, 1.82) is 5.26 Å². The first-order valence-corrected chi connectivity index (χ1v) is 5.63. The average Bonchev–Trinajstić information content (AvgIpc) is 2.30. The third-order valence-electron chi connectivity index (χ3n) is 2.41. The first-order valence-electron chi connectivity index (χ1n) is 5.63. The lowest BCUT2D eigenvalue weighted by molar-refractivity contribution is 0.210. The lowest BCUT2D eigenvalue weighted by Crippen LogP contribution is -2.12. The number of hydrogen-bond donors (Lipinski definition) is 1. The monoisotopic (exact) mass is 231 g/mol. The van der Waals surface area contributed by atoms with Crippen molar-refractivity contribution < 1.29 is 9.84 Å². The maximum absolute atomic E-state index is 9.44. The van der Waals surface area contributed by atoms with Gasteiger partial charge in [0.2, 0.25) is 0 Å². The molecule has 0 spiro atoms. The zero-order valence-corrected chi connectivity index (χ0v) is 10.0. The summed E-state index contributed by atoms with van der Waals surface area (Å²) >= 11 is 0. The van der Waals surface area contributed by atoms with Gasteiger partial charge in [-0.1, -0.05) is 12.1 Å². The van der Waals surface area contributed by atoms with Gasteiger partial charge in [0.1, 0.15) is 11.5 Å². The molecular formula is C14H17NO2. The maximum atomic E-state index is 9.44. The number of phenolic OH excluding ortho intramolecular Hbond substituents is 1. The van der Waals surface area contributed by atoms with Crippen LogP contribution in [0.3, 0.4) is 0 Å². The SMILES string of the molecule is C=CCc1ccc(O)cc1OC(C)CCC#N. The van der Waals surface area contributed by atoms with Crippen LogP contribution in [0.5, 0.6) is 11.5 Å². The minimum Gasteiger partial charge on any atom is -0.508 e. The van der Waals surface area contributed by atoms with Crippen LogP contribution in [0.15, 0.2) is 30.9 Å². The summed E-state index contributed by atoms with van der Waals surface area (Å²) in [6, 6.07) is 7.14. The van der Waals surface area contributed by atoms with Gasteiger partial charge in [0.25, 0.3) is 0 Å². The van der Waals surface area contributed by atoms with Crippen molar-refractivity contribution >= 4 is 0 Å². The number of benzene rings is 1. The molecule has 0 aromatic heterocycles. The van der Waals surface area contributed by atoms with Crippen molar-refractivity contribution in [2.24, 2.45) is 0 Å². The molecule has 1 N–H and O–H groups in total. The van der Waals surface area contributed by atoms with Crippen molar-refractivity contribution in [1.82, 2.24) is 0 Å². The molecule has 0 aliphatic rings.